The average molecular weight is 102 g/mol. The maximum Gasteiger partial charge on any atom is 0.412 e. The molecule has 4 heteroatoms. The van der Waals surface area contributed by atoms with Gasteiger partial charge in [-0.1, -0.05) is 0 Å². The Kier molecular flexibility index (Phi) is 1.84. The summed E-state index contributed by atoms with van der Waals surface area (Å²) in [4.78, 5) is 10.5. The van der Waals surface area contributed by atoms with E-state index in [4.69, 9.17) is 10.5 Å². The monoisotopic (exact) mass is 102 g/mol. The third-order valence-corrected chi connectivity index (χ3v) is 0.495. The molecular formula is C3H6N2O2. The Bertz CT molecular complexity index is 90.9. The first-order valence-corrected chi connectivity index (χ1v) is 1.65. The van der Waals surface area contributed by atoms with Gasteiger partial charge < -0.3 is 5.11 Å². The van der Waals surface area contributed by atoms with E-state index < -0.39 is 6.09 Å². The number of hydrogen-bond acceptors (Lipinski definition) is 2. The molecule has 7 heavy (non-hydrogen) atoms. The summed E-state index contributed by atoms with van der Waals surface area (Å²) in [5.74, 6) is 0. The third kappa shape index (κ3) is 1.75. The van der Waals surface area contributed by atoms with Crippen LogP contribution in [0.4, 0.5) is 4.79 Å². The van der Waals surface area contributed by atoms with E-state index in [1.54, 1.807) is 0 Å². The topological polar surface area (TPSA) is 64.4 Å². The van der Waals surface area contributed by atoms with Crippen LogP contribution in [0.3, 0.4) is 0 Å². The number of nitrogens with one attached hydrogen (secondary N) is 1. The highest BCUT2D eigenvalue weighted by molar-refractivity contribution is 5.78. The van der Waals surface area contributed by atoms with E-state index in [0.29, 0.717) is 0 Å². The second-order valence-corrected chi connectivity index (χ2v) is 1.02. The molecule has 0 rings (SSSR count). The normalized spacial score (nSPS) is 7.57. The zero-order valence-electron chi connectivity index (χ0n) is 3.88. The van der Waals surface area contributed by atoms with E-state index in [1.165, 1.54) is 7.05 Å². The van der Waals surface area contributed by atoms with Crippen molar-refractivity contribution in [3.8, 4) is 0 Å². The molecule has 0 aliphatic rings. The van der Waals surface area contributed by atoms with Gasteiger partial charge in [0.15, 0.2) is 0 Å². The van der Waals surface area contributed by atoms with Crippen LogP contribution in [0.15, 0.2) is 0 Å². The molecule has 40 valence electrons. The van der Waals surface area contributed by atoms with Gasteiger partial charge in [-0.2, -0.15) is 0 Å². The van der Waals surface area contributed by atoms with Crippen LogP contribution in [0.25, 0.3) is 0 Å². The van der Waals surface area contributed by atoms with Crippen LogP contribution in [0, 0.1) is 5.41 Å². The second-order valence-electron chi connectivity index (χ2n) is 1.02. The molecule has 0 saturated carbocycles. The summed E-state index contributed by atoms with van der Waals surface area (Å²) in [6.07, 6.45) is -0.391. The van der Waals surface area contributed by atoms with Crippen molar-refractivity contribution < 1.29 is 9.90 Å². The van der Waals surface area contributed by atoms with E-state index in [1.807, 2.05) is 0 Å². The highest BCUT2D eigenvalue weighted by atomic mass is 16.4. The first-order valence-electron chi connectivity index (χ1n) is 1.65. The van der Waals surface area contributed by atoms with Crippen LogP contribution in [0.1, 0.15) is 0 Å². The molecule has 2 N–H and O–H groups in total. The molecule has 0 bridgehead atoms. The number of amides is 1. The molecule has 0 aromatic heterocycles. The molecule has 0 aliphatic carbocycles. The number of hydrogen-bond donors (Lipinski definition) is 2. The minimum atomic E-state index is -1.12. The maximum absolute atomic E-state index is 9.70. The number of carbonyl (C=O) groups is 1. The molecule has 0 aromatic rings. The van der Waals surface area contributed by atoms with Crippen molar-refractivity contribution in [1.29, 1.82) is 5.41 Å². The third-order valence-electron chi connectivity index (χ3n) is 0.495. The minimum absolute atomic E-state index is 0.725. The van der Waals surface area contributed by atoms with Crippen molar-refractivity contribution in [2.45, 2.75) is 0 Å². The molecule has 0 spiro atoms. The molecule has 0 aromatic carbocycles. The molecule has 0 heterocycles. The van der Waals surface area contributed by atoms with Crippen molar-refractivity contribution in [2.75, 3.05) is 7.05 Å². The van der Waals surface area contributed by atoms with Crippen molar-refractivity contribution >= 4 is 12.4 Å². The summed E-state index contributed by atoms with van der Waals surface area (Å²) in [6, 6.07) is 0. The zero-order chi connectivity index (χ0) is 5.86. The van der Waals surface area contributed by atoms with Gasteiger partial charge in [-0.3, -0.25) is 10.3 Å². The van der Waals surface area contributed by atoms with Crippen molar-refractivity contribution in [3.63, 3.8) is 0 Å². The fourth-order valence-corrected chi connectivity index (χ4v) is 0.0552. The summed E-state index contributed by atoms with van der Waals surface area (Å²) >= 11 is 0. The van der Waals surface area contributed by atoms with Crippen LogP contribution in [-0.2, 0) is 0 Å². The van der Waals surface area contributed by atoms with E-state index in [0.717, 1.165) is 11.2 Å². The van der Waals surface area contributed by atoms with Crippen molar-refractivity contribution in [2.24, 2.45) is 0 Å². The van der Waals surface area contributed by atoms with Gasteiger partial charge in [0.05, 0.1) is 6.34 Å². The lowest BCUT2D eigenvalue weighted by molar-refractivity contribution is 0.176. The molecule has 0 fully saturated rings. The molecule has 0 radical (unpaired) electrons. The van der Waals surface area contributed by atoms with Crippen molar-refractivity contribution in [3.05, 3.63) is 0 Å². The zero-order valence-corrected chi connectivity index (χ0v) is 3.88. The lowest BCUT2D eigenvalue weighted by Crippen LogP contribution is -2.21. The van der Waals surface area contributed by atoms with E-state index in [-0.39, 0.29) is 0 Å². The lowest BCUT2D eigenvalue weighted by Gasteiger charge is -2.00. The highest BCUT2D eigenvalue weighted by Crippen LogP contribution is 1.72. The van der Waals surface area contributed by atoms with E-state index >= 15 is 0 Å². The summed E-state index contributed by atoms with van der Waals surface area (Å²) in [5.41, 5.74) is 0. The van der Waals surface area contributed by atoms with Gasteiger partial charge in [0.1, 0.15) is 0 Å². The predicted molar refractivity (Wildman–Crippen MR) is 24.6 cm³/mol. The lowest BCUT2D eigenvalue weighted by atomic mass is 10.9. The Morgan fingerprint density at radius 2 is 2.43 bits per heavy atom. The molecule has 0 aliphatic heterocycles. The van der Waals surface area contributed by atoms with Crippen LogP contribution in [0.2, 0.25) is 0 Å². The van der Waals surface area contributed by atoms with Crippen molar-refractivity contribution in [1.82, 2.24) is 4.90 Å². The molecular weight excluding hydrogens is 96.0 g/mol. The fraction of sp³-hybridized carbons (Fsp3) is 0.333. The van der Waals surface area contributed by atoms with E-state index in [9.17, 15) is 4.79 Å². The largest absolute Gasteiger partial charge is 0.465 e. The minimum Gasteiger partial charge on any atom is -0.465 e. The van der Waals surface area contributed by atoms with Crippen LogP contribution in [-0.4, -0.2) is 29.5 Å². The first-order chi connectivity index (χ1) is 3.18. The van der Waals surface area contributed by atoms with Gasteiger partial charge in [0.2, 0.25) is 0 Å². The van der Waals surface area contributed by atoms with Gasteiger partial charge in [0.25, 0.3) is 0 Å². The number of nitrogens with zero attached hydrogens (tertiary/aromatic N) is 1. The van der Waals surface area contributed by atoms with Crippen LogP contribution in [0.5, 0.6) is 0 Å². The fourth-order valence-electron chi connectivity index (χ4n) is 0.0552. The predicted octanol–water partition coefficient (Wildman–Crippen LogP) is 0.203. The smallest absolute Gasteiger partial charge is 0.412 e. The van der Waals surface area contributed by atoms with Gasteiger partial charge in [-0.15, -0.1) is 0 Å². The average Bonchev–Trinajstić information content (AvgIpc) is 1.65. The molecule has 4 nitrogen and oxygen atoms in total. The highest BCUT2D eigenvalue weighted by Gasteiger charge is 1.96. The Balaban J connectivity index is 3.55. The van der Waals surface area contributed by atoms with Gasteiger partial charge in [0, 0.05) is 7.05 Å². The van der Waals surface area contributed by atoms with Gasteiger partial charge in [-0.05, 0) is 0 Å². The second kappa shape index (κ2) is 2.17. The molecule has 0 atom stereocenters. The molecule has 0 saturated heterocycles. The standard InChI is InChI=1S/C3H6N2O2/c1-5(2-4)3(6)7/h2,4H,1H3,(H,6,7). The number of carboxylic acid groups (broad SMARTS) is 1. The number of rotatable bonds is 1. The maximum atomic E-state index is 9.70. The SMILES string of the molecule is CN(C=N)C(=O)O. The van der Waals surface area contributed by atoms with Gasteiger partial charge in [-0.25, -0.2) is 4.79 Å². The molecule has 1 amide bonds. The Morgan fingerprint density at radius 1 is 2.00 bits per heavy atom. The summed E-state index contributed by atoms with van der Waals surface area (Å²) < 4.78 is 0. The Labute approximate surface area is 40.9 Å². The first kappa shape index (κ1) is 5.94. The van der Waals surface area contributed by atoms with E-state index in [2.05, 4.69) is 0 Å². The summed E-state index contributed by atoms with van der Waals surface area (Å²) in [7, 11) is 1.29. The van der Waals surface area contributed by atoms with Crippen LogP contribution >= 0.6 is 0 Å². The molecule has 0 unspecified atom stereocenters. The van der Waals surface area contributed by atoms with Crippen LogP contribution < -0.4 is 0 Å². The Hall–Kier alpha value is -1.06. The van der Waals surface area contributed by atoms with Gasteiger partial charge >= 0.3 is 6.09 Å². The quantitative estimate of drug-likeness (QED) is 0.367. The Morgan fingerprint density at radius 3 is 2.43 bits per heavy atom. The summed E-state index contributed by atoms with van der Waals surface area (Å²) in [6.45, 7) is 0. The summed E-state index contributed by atoms with van der Waals surface area (Å²) in [5, 5.41) is 14.3.